The molecule has 3 rings (SSSR count). The fourth-order valence-corrected chi connectivity index (χ4v) is 3.13. The molecule has 0 bridgehead atoms. The lowest BCUT2D eigenvalue weighted by molar-refractivity contribution is 0.0216. The van der Waals surface area contributed by atoms with Crippen molar-refractivity contribution in [2.45, 2.75) is 25.9 Å². The SMILES string of the molecule is CCOc1ccc(C(=O)OC(CN2CCCC2)c2ccccc2)cc1.Cl. The summed E-state index contributed by atoms with van der Waals surface area (Å²) in [5.41, 5.74) is 1.58. The number of carbonyl (C=O) groups is 1. The Morgan fingerprint density at radius 1 is 1.04 bits per heavy atom. The molecule has 5 heteroatoms. The summed E-state index contributed by atoms with van der Waals surface area (Å²) in [7, 11) is 0. The molecule has 2 aromatic carbocycles. The highest BCUT2D eigenvalue weighted by molar-refractivity contribution is 5.89. The summed E-state index contributed by atoms with van der Waals surface area (Å²) in [4.78, 5) is 15.0. The Morgan fingerprint density at radius 2 is 1.69 bits per heavy atom. The number of esters is 1. The molecule has 0 aliphatic carbocycles. The van der Waals surface area contributed by atoms with Crippen molar-refractivity contribution in [1.82, 2.24) is 4.90 Å². The molecule has 0 radical (unpaired) electrons. The fourth-order valence-electron chi connectivity index (χ4n) is 3.13. The van der Waals surface area contributed by atoms with E-state index in [9.17, 15) is 4.79 Å². The van der Waals surface area contributed by atoms with Gasteiger partial charge in [0.1, 0.15) is 11.9 Å². The summed E-state index contributed by atoms with van der Waals surface area (Å²) in [6.07, 6.45) is 2.18. The van der Waals surface area contributed by atoms with Gasteiger partial charge in [0, 0.05) is 6.54 Å². The molecule has 1 fully saturated rings. The molecule has 2 aromatic rings. The van der Waals surface area contributed by atoms with Crippen LogP contribution in [0.15, 0.2) is 54.6 Å². The summed E-state index contributed by atoms with van der Waals surface area (Å²) < 4.78 is 11.3. The summed E-state index contributed by atoms with van der Waals surface area (Å²) in [5, 5.41) is 0. The zero-order valence-electron chi connectivity index (χ0n) is 15.1. The lowest BCUT2D eigenvalue weighted by atomic mass is 10.1. The van der Waals surface area contributed by atoms with Gasteiger partial charge in [0.15, 0.2) is 0 Å². The summed E-state index contributed by atoms with van der Waals surface area (Å²) in [6, 6.07) is 17.1. The number of hydrogen-bond acceptors (Lipinski definition) is 4. The highest BCUT2D eigenvalue weighted by Gasteiger charge is 2.23. The zero-order chi connectivity index (χ0) is 17.5. The first-order valence-electron chi connectivity index (χ1n) is 8.97. The molecule has 1 atom stereocenters. The van der Waals surface area contributed by atoms with E-state index < -0.39 is 0 Å². The Bertz CT molecular complexity index is 669. The second kappa shape index (κ2) is 10.2. The smallest absolute Gasteiger partial charge is 0.338 e. The van der Waals surface area contributed by atoms with Crippen LogP contribution in [0.1, 0.15) is 41.8 Å². The van der Waals surface area contributed by atoms with Crippen LogP contribution in [-0.2, 0) is 4.74 Å². The first-order chi connectivity index (χ1) is 12.3. The predicted molar refractivity (Wildman–Crippen MR) is 105 cm³/mol. The molecule has 1 aliphatic rings. The minimum absolute atomic E-state index is 0. The van der Waals surface area contributed by atoms with Crippen molar-refractivity contribution >= 4 is 18.4 Å². The van der Waals surface area contributed by atoms with Crippen LogP contribution < -0.4 is 4.74 Å². The first-order valence-corrected chi connectivity index (χ1v) is 8.97. The van der Waals surface area contributed by atoms with Crippen LogP contribution in [0.5, 0.6) is 5.75 Å². The second-order valence-electron chi connectivity index (χ2n) is 6.27. The molecule has 4 nitrogen and oxygen atoms in total. The molecule has 0 aromatic heterocycles. The largest absolute Gasteiger partial charge is 0.494 e. The van der Waals surface area contributed by atoms with Crippen molar-refractivity contribution < 1.29 is 14.3 Å². The number of ether oxygens (including phenoxy) is 2. The Labute approximate surface area is 161 Å². The van der Waals surface area contributed by atoms with Crippen molar-refractivity contribution in [2.24, 2.45) is 0 Å². The third-order valence-corrected chi connectivity index (χ3v) is 4.44. The van der Waals surface area contributed by atoms with Crippen molar-refractivity contribution in [1.29, 1.82) is 0 Å². The van der Waals surface area contributed by atoms with Crippen molar-refractivity contribution in [2.75, 3.05) is 26.2 Å². The zero-order valence-corrected chi connectivity index (χ0v) is 15.9. The van der Waals surface area contributed by atoms with Gasteiger partial charge in [-0.25, -0.2) is 4.79 Å². The van der Waals surface area contributed by atoms with Gasteiger partial charge in [-0.3, -0.25) is 4.90 Å². The molecule has 1 unspecified atom stereocenters. The van der Waals surface area contributed by atoms with E-state index in [0.717, 1.165) is 30.9 Å². The maximum atomic E-state index is 12.6. The van der Waals surface area contributed by atoms with Gasteiger partial charge >= 0.3 is 5.97 Å². The van der Waals surface area contributed by atoms with E-state index in [-0.39, 0.29) is 24.5 Å². The molecule has 0 amide bonds. The summed E-state index contributed by atoms with van der Waals surface area (Å²) in [6.45, 7) is 5.43. The molecule has 1 saturated heterocycles. The highest BCUT2D eigenvalue weighted by atomic mass is 35.5. The van der Waals surface area contributed by atoms with Gasteiger partial charge in [0.05, 0.1) is 12.2 Å². The molecular weight excluding hydrogens is 350 g/mol. The fraction of sp³-hybridized carbons (Fsp3) is 0.381. The van der Waals surface area contributed by atoms with Crippen LogP contribution in [-0.4, -0.2) is 37.1 Å². The molecule has 0 spiro atoms. The van der Waals surface area contributed by atoms with Gasteiger partial charge in [0.25, 0.3) is 0 Å². The third kappa shape index (κ3) is 5.48. The predicted octanol–water partition coefficient (Wildman–Crippen LogP) is 4.50. The third-order valence-electron chi connectivity index (χ3n) is 4.44. The van der Waals surface area contributed by atoms with Gasteiger partial charge in [-0.15, -0.1) is 12.4 Å². The number of nitrogens with zero attached hydrogens (tertiary/aromatic N) is 1. The second-order valence-corrected chi connectivity index (χ2v) is 6.27. The van der Waals surface area contributed by atoms with Crippen molar-refractivity contribution in [3.8, 4) is 5.75 Å². The summed E-state index contributed by atoms with van der Waals surface area (Å²) >= 11 is 0. The van der Waals surface area contributed by atoms with Crippen LogP contribution in [0.25, 0.3) is 0 Å². The lowest BCUT2D eigenvalue weighted by Crippen LogP contribution is -2.28. The summed E-state index contributed by atoms with van der Waals surface area (Å²) in [5.74, 6) is 0.465. The average molecular weight is 376 g/mol. The van der Waals surface area contributed by atoms with Crippen molar-refractivity contribution in [3.05, 3.63) is 65.7 Å². The molecule has 0 N–H and O–H groups in total. The number of hydrogen-bond donors (Lipinski definition) is 0. The first kappa shape index (κ1) is 20.3. The Kier molecular flexibility index (Phi) is 7.95. The molecule has 26 heavy (non-hydrogen) atoms. The topological polar surface area (TPSA) is 38.8 Å². The van der Waals surface area contributed by atoms with Gasteiger partial charge in [-0.2, -0.15) is 0 Å². The number of carbonyl (C=O) groups excluding carboxylic acids is 1. The minimum Gasteiger partial charge on any atom is -0.494 e. The van der Waals surface area contributed by atoms with Crippen molar-refractivity contribution in [3.63, 3.8) is 0 Å². The van der Waals surface area contributed by atoms with Crippen LogP contribution >= 0.6 is 12.4 Å². The van der Waals surface area contributed by atoms with Crippen LogP contribution in [0.2, 0.25) is 0 Å². The Morgan fingerprint density at radius 3 is 2.31 bits per heavy atom. The van der Waals surface area contributed by atoms with Gasteiger partial charge in [-0.1, -0.05) is 30.3 Å². The van der Waals surface area contributed by atoms with E-state index in [2.05, 4.69) is 4.90 Å². The number of halogens is 1. The standard InChI is InChI=1S/C21H25NO3.ClH/c1-2-24-19-12-10-18(11-13-19)21(23)25-20(16-22-14-6-7-15-22)17-8-4-3-5-9-17;/h3-5,8-13,20H,2,6-7,14-16H2,1H3;1H. The molecular formula is C21H26ClNO3. The molecule has 1 aliphatic heterocycles. The molecule has 140 valence electrons. The van der Waals surface area contributed by atoms with Gasteiger partial charge in [-0.05, 0) is 62.7 Å². The van der Waals surface area contributed by atoms with E-state index in [0.29, 0.717) is 12.2 Å². The maximum absolute atomic E-state index is 12.6. The quantitative estimate of drug-likeness (QED) is 0.668. The minimum atomic E-state index is -0.295. The number of rotatable bonds is 7. The van der Waals surface area contributed by atoms with Crippen LogP contribution in [0, 0.1) is 0 Å². The molecule has 1 heterocycles. The van der Waals surface area contributed by atoms with E-state index in [1.807, 2.05) is 37.3 Å². The Balaban J connectivity index is 0.00000243. The van der Waals surface area contributed by atoms with Crippen LogP contribution in [0.4, 0.5) is 0 Å². The number of benzene rings is 2. The van der Waals surface area contributed by atoms with Crippen LogP contribution in [0.3, 0.4) is 0 Å². The van der Waals surface area contributed by atoms with E-state index in [1.54, 1.807) is 24.3 Å². The van der Waals surface area contributed by atoms with Gasteiger partial charge < -0.3 is 9.47 Å². The van der Waals surface area contributed by atoms with E-state index in [1.165, 1.54) is 12.8 Å². The monoisotopic (exact) mass is 375 g/mol. The lowest BCUT2D eigenvalue weighted by Gasteiger charge is -2.24. The average Bonchev–Trinajstić information content (AvgIpc) is 3.16. The maximum Gasteiger partial charge on any atom is 0.338 e. The van der Waals surface area contributed by atoms with E-state index in [4.69, 9.17) is 9.47 Å². The normalized spacial score (nSPS) is 15.1. The highest BCUT2D eigenvalue weighted by Crippen LogP contribution is 2.23. The number of likely N-dealkylation sites (tertiary alicyclic amines) is 1. The Hall–Kier alpha value is -2.04. The van der Waals surface area contributed by atoms with E-state index >= 15 is 0 Å². The van der Waals surface area contributed by atoms with Gasteiger partial charge in [0.2, 0.25) is 0 Å². The molecule has 0 saturated carbocycles.